The third-order valence-corrected chi connectivity index (χ3v) is 1.74. The van der Waals surface area contributed by atoms with Gasteiger partial charge >= 0.3 is 8.80 Å². The topological polar surface area (TPSA) is 128 Å². The molecule has 0 aliphatic heterocycles. The molecule has 0 atom stereocenters. The van der Waals surface area contributed by atoms with E-state index < -0.39 is 8.80 Å². The van der Waals surface area contributed by atoms with Crippen molar-refractivity contribution in [2.45, 2.75) is 12.5 Å². The Morgan fingerprint density at radius 3 is 1.91 bits per heavy atom. The van der Waals surface area contributed by atoms with Crippen LogP contribution in [0.2, 0.25) is 6.04 Å². The summed E-state index contributed by atoms with van der Waals surface area (Å²) in [5.41, 5.74) is 5.02. The van der Waals surface area contributed by atoms with Gasteiger partial charge in [0.25, 0.3) is 0 Å². The van der Waals surface area contributed by atoms with E-state index in [1.165, 1.54) is 0 Å². The molecule has 0 fully saturated rings. The van der Waals surface area contributed by atoms with Crippen molar-refractivity contribution in [3.8, 4) is 0 Å². The van der Waals surface area contributed by atoms with Crippen LogP contribution < -0.4 is 5.73 Å². The molecule has 6 N–H and O–H groups in total. The average molecular weight is 180 g/mol. The monoisotopic (exact) mass is 180 g/mol. The van der Waals surface area contributed by atoms with Gasteiger partial charge < -0.3 is 20.1 Å². The third-order valence-electron chi connectivity index (χ3n) is 0.716. The Kier molecular flexibility index (Phi) is 8.95. The molecule has 0 aliphatic rings. The molecule has 0 saturated heterocycles. The molecule has 0 unspecified atom stereocenters. The van der Waals surface area contributed by atoms with E-state index in [1.54, 1.807) is 0 Å². The maximum atomic E-state index is 8.35. The number of rotatable bonds is 3. The summed E-state index contributed by atoms with van der Waals surface area (Å²) in [5.74, 6) is 0. The first-order chi connectivity index (χ1) is 4.97. The van der Waals surface area contributed by atoms with Crippen molar-refractivity contribution in [3.63, 3.8) is 0 Å². The van der Waals surface area contributed by atoms with Gasteiger partial charge in [0.1, 0.15) is 0 Å². The summed E-state index contributed by atoms with van der Waals surface area (Å²) in [7, 11) is -3.76. The van der Waals surface area contributed by atoms with Gasteiger partial charge in [-0.3, -0.25) is 0 Å². The van der Waals surface area contributed by atoms with Crippen LogP contribution >= 0.6 is 0 Å². The minimum absolute atomic E-state index is 0.0451. The summed E-state index contributed by atoms with van der Waals surface area (Å²) < 4.78 is 0. The molecule has 11 heavy (non-hydrogen) atoms. The normalized spacial score (nSPS) is 9.45. The zero-order valence-electron chi connectivity index (χ0n) is 5.95. The number of carbonyl (C=O) groups excluding carboxylic acids is 1. The fourth-order valence-electron chi connectivity index (χ4n) is 0.339. The SMILES string of the molecule is N=C=O.NCCC[Si](O)(O)O. The summed E-state index contributed by atoms with van der Waals surface area (Å²) in [5, 5.41) is 5.40. The molecule has 66 valence electrons. The van der Waals surface area contributed by atoms with Crippen LogP contribution in [-0.4, -0.2) is 35.8 Å². The Morgan fingerprint density at radius 2 is 1.82 bits per heavy atom. The van der Waals surface area contributed by atoms with Crippen LogP contribution in [0.4, 0.5) is 0 Å². The largest absolute Gasteiger partial charge is 0.492 e. The Hall–Kier alpha value is -0.563. The van der Waals surface area contributed by atoms with E-state index in [4.69, 9.17) is 30.3 Å². The fourth-order valence-corrected chi connectivity index (χ4v) is 1.02. The molecular formula is C4H12N2O4Si. The summed E-state index contributed by atoms with van der Waals surface area (Å²) >= 11 is 0. The lowest BCUT2D eigenvalue weighted by Gasteiger charge is -2.06. The quantitative estimate of drug-likeness (QED) is 0.198. The Labute approximate surface area is 65.2 Å². The van der Waals surface area contributed by atoms with Crippen molar-refractivity contribution in [3.05, 3.63) is 0 Å². The first kappa shape index (κ1) is 13.1. The minimum Gasteiger partial charge on any atom is -0.390 e. The van der Waals surface area contributed by atoms with Gasteiger partial charge in [-0.05, 0) is 13.0 Å². The minimum atomic E-state index is -3.76. The molecule has 0 aromatic heterocycles. The molecule has 0 saturated carbocycles. The van der Waals surface area contributed by atoms with Crippen LogP contribution in [-0.2, 0) is 4.79 Å². The first-order valence-corrected chi connectivity index (χ1v) is 4.94. The summed E-state index contributed by atoms with van der Waals surface area (Å²) in [6.07, 6.45) is 1.22. The van der Waals surface area contributed by atoms with Crippen LogP contribution in [0.3, 0.4) is 0 Å². The van der Waals surface area contributed by atoms with Crippen molar-refractivity contribution in [1.29, 1.82) is 5.41 Å². The van der Waals surface area contributed by atoms with Crippen molar-refractivity contribution in [2.24, 2.45) is 5.73 Å². The van der Waals surface area contributed by atoms with Gasteiger partial charge in [-0.25, -0.2) is 10.2 Å². The lowest BCUT2D eigenvalue weighted by Crippen LogP contribution is -2.34. The van der Waals surface area contributed by atoms with E-state index in [0.717, 1.165) is 6.08 Å². The van der Waals surface area contributed by atoms with Gasteiger partial charge in [0.2, 0.25) is 6.08 Å². The summed E-state index contributed by atoms with van der Waals surface area (Å²) in [6, 6.07) is 0.0451. The first-order valence-electron chi connectivity index (χ1n) is 2.89. The summed E-state index contributed by atoms with van der Waals surface area (Å²) in [4.78, 5) is 33.4. The van der Waals surface area contributed by atoms with E-state index in [0.29, 0.717) is 13.0 Å². The van der Waals surface area contributed by atoms with Crippen LogP contribution in [0.25, 0.3) is 0 Å². The van der Waals surface area contributed by atoms with Gasteiger partial charge in [0.05, 0.1) is 0 Å². The predicted molar refractivity (Wildman–Crippen MR) is 39.3 cm³/mol. The molecule has 0 radical (unpaired) electrons. The zero-order valence-corrected chi connectivity index (χ0v) is 6.95. The van der Waals surface area contributed by atoms with Gasteiger partial charge in [0.15, 0.2) is 0 Å². The molecule has 6 nitrogen and oxygen atoms in total. The van der Waals surface area contributed by atoms with E-state index in [2.05, 4.69) is 0 Å². The van der Waals surface area contributed by atoms with Crippen LogP contribution in [0.1, 0.15) is 6.42 Å². The third kappa shape index (κ3) is 26.5. The molecule has 0 amide bonds. The van der Waals surface area contributed by atoms with Gasteiger partial charge in [-0.1, -0.05) is 0 Å². The predicted octanol–water partition coefficient (Wildman–Crippen LogP) is -1.85. The molecule has 0 rings (SSSR count). The van der Waals surface area contributed by atoms with E-state index in [1.807, 2.05) is 0 Å². The Bertz CT molecular complexity index is 118. The molecule has 7 heteroatoms. The zero-order chi connectivity index (χ0) is 9.33. The second-order valence-corrected chi connectivity index (χ2v) is 3.82. The number of hydrogen-bond acceptors (Lipinski definition) is 6. The van der Waals surface area contributed by atoms with Crippen molar-refractivity contribution < 1.29 is 19.2 Å². The lowest BCUT2D eigenvalue weighted by molar-refractivity contribution is 0.227. The number of isocyanates is 1. The number of hydrogen-bond donors (Lipinski definition) is 5. The molecular weight excluding hydrogens is 168 g/mol. The van der Waals surface area contributed by atoms with E-state index >= 15 is 0 Å². The molecule has 0 spiro atoms. The Balaban J connectivity index is 0. The van der Waals surface area contributed by atoms with Crippen LogP contribution in [0.5, 0.6) is 0 Å². The van der Waals surface area contributed by atoms with Crippen molar-refractivity contribution in [1.82, 2.24) is 0 Å². The van der Waals surface area contributed by atoms with Crippen molar-refractivity contribution in [2.75, 3.05) is 6.54 Å². The van der Waals surface area contributed by atoms with Gasteiger partial charge in [-0.2, -0.15) is 0 Å². The molecule has 0 heterocycles. The standard InChI is InChI=1S/C3H11NO3Si.CHNO/c4-2-1-3-8(5,6)7;2-1-3/h5-7H,1-4H2;2H. The lowest BCUT2D eigenvalue weighted by atomic mass is 10.5. The smallest absolute Gasteiger partial charge is 0.390 e. The highest BCUT2D eigenvalue weighted by Crippen LogP contribution is 1.97. The second kappa shape index (κ2) is 7.54. The Morgan fingerprint density at radius 1 is 1.45 bits per heavy atom. The fraction of sp³-hybridized carbons (Fsp3) is 0.750. The molecule has 0 aromatic carbocycles. The van der Waals surface area contributed by atoms with E-state index in [9.17, 15) is 0 Å². The number of nitrogens with one attached hydrogen (secondary N) is 1. The van der Waals surface area contributed by atoms with Crippen LogP contribution in [0, 0.1) is 5.41 Å². The molecule has 0 aromatic rings. The van der Waals surface area contributed by atoms with E-state index in [-0.39, 0.29) is 6.04 Å². The highest BCUT2D eigenvalue weighted by Gasteiger charge is 2.24. The average Bonchev–Trinajstić information content (AvgIpc) is 1.84. The molecule has 0 aliphatic carbocycles. The summed E-state index contributed by atoms with van der Waals surface area (Å²) in [6.45, 7) is 0.385. The number of nitrogens with two attached hydrogens (primary N) is 1. The highest BCUT2D eigenvalue weighted by molar-refractivity contribution is 6.56. The van der Waals surface area contributed by atoms with Crippen molar-refractivity contribution >= 4 is 14.9 Å². The molecule has 0 bridgehead atoms. The van der Waals surface area contributed by atoms with Crippen LogP contribution in [0.15, 0.2) is 0 Å². The second-order valence-electron chi connectivity index (χ2n) is 1.77. The maximum absolute atomic E-state index is 8.35. The van der Waals surface area contributed by atoms with Gasteiger partial charge in [0, 0.05) is 6.04 Å². The maximum Gasteiger partial charge on any atom is 0.492 e. The van der Waals surface area contributed by atoms with Gasteiger partial charge in [-0.15, -0.1) is 0 Å². The highest BCUT2D eigenvalue weighted by atomic mass is 28.4.